The molecule has 2 aliphatic heterocycles. The zero-order valence-corrected chi connectivity index (χ0v) is 10.9. The maximum absolute atomic E-state index is 12.5. The Bertz CT molecular complexity index is 264. The van der Waals surface area contributed by atoms with E-state index in [2.05, 4.69) is 12.2 Å². The first-order valence-electron chi connectivity index (χ1n) is 6.87. The summed E-state index contributed by atoms with van der Waals surface area (Å²) in [6, 6.07) is 0.311. The molecule has 2 rings (SSSR count). The molecule has 2 aliphatic rings. The SMILES string of the molecule is CCC1COC(C)CN1C(=O)[C@@H]1CCCCN1. The van der Waals surface area contributed by atoms with E-state index >= 15 is 0 Å². The van der Waals surface area contributed by atoms with Crippen LogP contribution in [0.5, 0.6) is 0 Å². The van der Waals surface area contributed by atoms with E-state index in [0.717, 1.165) is 25.9 Å². The van der Waals surface area contributed by atoms with Crippen LogP contribution in [-0.4, -0.2) is 48.7 Å². The largest absolute Gasteiger partial charge is 0.375 e. The summed E-state index contributed by atoms with van der Waals surface area (Å²) in [6.45, 7) is 6.58. The standard InChI is InChI=1S/C13H24N2O2/c1-3-11-9-17-10(2)8-15(11)13(16)12-6-4-5-7-14-12/h10-12,14H,3-9H2,1-2H3/t10?,11?,12-/m0/s1. The zero-order valence-electron chi connectivity index (χ0n) is 10.9. The number of piperidine rings is 1. The van der Waals surface area contributed by atoms with Crippen LogP contribution >= 0.6 is 0 Å². The zero-order chi connectivity index (χ0) is 12.3. The highest BCUT2D eigenvalue weighted by Crippen LogP contribution is 2.18. The predicted octanol–water partition coefficient (Wildman–Crippen LogP) is 1.15. The van der Waals surface area contributed by atoms with E-state index < -0.39 is 0 Å². The van der Waals surface area contributed by atoms with Gasteiger partial charge in [-0.3, -0.25) is 4.79 Å². The van der Waals surface area contributed by atoms with E-state index in [1.807, 2.05) is 11.8 Å². The van der Waals surface area contributed by atoms with Crippen molar-refractivity contribution in [3.8, 4) is 0 Å². The number of ether oxygens (including phenoxy) is 1. The lowest BCUT2D eigenvalue weighted by Crippen LogP contribution is -2.57. The molecule has 0 aromatic rings. The summed E-state index contributed by atoms with van der Waals surface area (Å²) in [5.41, 5.74) is 0. The molecule has 0 aromatic carbocycles. The number of carbonyl (C=O) groups is 1. The lowest BCUT2D eigenvalue weighted by Gasteiger charge is -2.40. The van der Waals surface area contributed by atoms with Crippen molar-refractivity contribution in [1.82, 2.24) is 10.2 Å². The number of nitrogens with zero attached hydrogens (tertiary/aromatic N) is 1. The summed E-state index contributed by atoms with van der Waals surface area (Å²) in [5.74, 6) is 0.284. The first-order valence-corrected chi connectivity index (χ1v) is 6.87. The molecular formula is C13H24N2O2. The van der Waals surface area contributed by atoms with Gasteiger partial charge in [0.1, 0.15) is 0 Å². The lowest BCUT2D eigenvalue weighted by molar-refractivity contribution is -0.147. The van der Waals surface area contributed by atoms with Gasteiger partial charge in [-0.2, -0.15) is 0 Å². The lowest BCUT2D eigenvalue weighted by atomic mass is 10.0. The van der Waals surface area contributed by atoms with Crippen molar-refractivity contribution < 1.29 is 9.53 Å². The van der Waals surface area contributed by atoms with Crippen molar-refractivity contribution in [3.05, 3.63) is 0 Å². The minimum atomic E-state index is 0.0445. The summed E-state index contributed by atoms with van der Waals surface area (Å²) in [4.78, 5) is 14.5. The van der Waals surface area contributed by atoms with Crippen LogP contribution in [0.1, 0.15) is 39.5 Å². The van der Waals surface area contributed by atoms with Crippen LogP contribution in [0.15, 0.2) is 0 Å². The third kappa shape index (κ3) is 2.99. The van der Waals surface area contributed by atoms with E-state index in [0.29, 0.717) is 6.61 Å². The Morgan fingerprint density at radius 2 is 2.29 bits per heavy atom. The smallest absolute Gasteiger partial charge is 0.240 e. The predicted molar refractivity (Wildman–Crippen MR) is 66.8 cm³/mol. The van der Waals surface area contributed by atoms with Gasteiger partial charge in [0, 0.05) is 6.54 Å². The Hall–Kier alpha value is -0.610. The fraction of sp³-hybridized carbons (Fsp3) is 0.923. The van der Waals surface area contributed by atoms with Gasteiger partial charge in [-0.1, -0.05) is 13.3 Å². The number of nitrogens with one attached hydrogen (secondary N) is 1. The van der Waals surface area contributed by atoms with Crippen molar-refractivity contribution in [2.24, 2.45) is 0 Å². The highest BCUT2D eigenvalue weighted by Gasteiger charge is 2.33. The van der Waals surface area contributed by atoms with Crippen molar-refractivity contribution in [1.29, 1.82) is 0 Å². The summed E-state index contributed by atoms with van der Waals surface area (Å²) < 4.78 is 5.63. The van der Waals surface area contributed by atoms with E-state index in [9.17, 15) is 4.79 Å². The molecule has 1 N–H and O–H groups in total. The van der Waals surface area contributed by atoms with E-state index in [1.54, 1.807) is 0 Å². The van der Waals surface area contributed by atoms with Crippen LogP contribution < -0.4 is 5.32 Å². The van der Waals surface area contributed by atoms with Gasteiger partial charge >= 0.3 is 0 Å². The highest BCUT2D eigenvalue weighted by molar-refractivity contribution is 5.82. The Morgan fingerprint density at radius 3 is 2.94 bits per heavy atom. The van der Waals surface area contributed by atoms with E-state index in [1.165, 1.54) is 12.8 Å². The van der Waals surface area contributed by atoms with Crippen LogP contribution in [0.2, 0.25) is 0 Å². The summed E-state index contributed by atoms with van der Waals surface area (Å²) >= 11 is 0. The van der Waals surface area contributed by atoms with Crippen molar-refractivity contribution in [2.75, 3.05) is 19.7 Å². The maximum Gasteiger partial charge on any atom is 0.240 e. The first-order chi connectivity index (χ1) is 8.22. The van der Waals surface area contributed by atoms with Gasteiger partial charge in [0.2, 0.25) is 5.91 Å². The van der Waals surface area contributed by atoms with Crippen LogP contribution in [-0.2, 0) is 9.53 Å². The minimum absolute atomic E-state index is 0.0445. The molecule has 3 atom stereocenters. The van der Waals surface area contributed by atoms with Crippen molar-refractivity contribution in [3.63, 3.8) is 0 Å². The molecule has 0 radical (unpaired) electrons. The summed E-state index contributed by atoms with van der Waals surface area (Å²) in [7, 11) is 0. The Kier molecular flexibility index (Phi) is 4.40. The molecule has 1 amide bonds. The van der Waals surface area contributed by atoms with Gasteiger partial charge in [0.05, 0.1) is 24.8 Å². The first kappa shape index (κ1) is 12.8. The normalized spacial score (nSPS) is 34.7. The topological polar surface area (TPSA) is 41.6 Å². The molecule has 2 unspecified atom stereocenters. The van der Waals surface area contributed by atoms with Gasteiger partial charge in [-0.05, 0) is 32.7 Å². The number of hydrogen-bond donors (Lipinski definition) is 1. The Balaban J connectivity index is 1.99. The quantitative estimate of drug-likeness (QED) is 0.787. The third-order valence-corrected chi connectivity index (χ3v) is 3.83. The average molecular weight is 240 g/mol. The molecule has 0 spiro atoms. The van der Waals surface area contributed by atoms with Gasteiger partial charge in [0.15, 0.2) is 0 Å². The highest BCUT2D eigenvalue weighted by atomic mass is 16.5. The molecule has 2 fully saturated rings. The van der Waals surface area contributed by atoms with Crippen LogP contribution in [0.25, 0.3) is 0 Å². The maximum atomic E-state index is 12.5. The molecule has 17 heavy (non-hydrogen) atoms. The van der Waals surface area contributed by atoms with Crippen molar-refractivity contribution in [2.45, 2.75) is 57.7 Å². The number of rotatable bonds is 2. The van der Waals surface area contributed by atoms with E-state index in [-0.39, 0.29) is 24.1 Å². The molecule has 0 aliphatic carbocycles. The molecule has 4 heteroatoms. The van der Waals surface area contributed by atoms with Crippen LogP contribution in [0, 0.1) is 0 Å². The monoisotopic (exact) mass is 240 g/mol. The second kappa shape index (κ2) is 5.83. The molecule has 0 saturated carbocycles. The fourth-order valence-electron chi connectivity index (χ4n) is 2.72. The van der Waals surface area contributed by atoms with Gasteiger partial charge in [-0.15, -0.1) is 0 Å². The summed E-state index contributed by atoms with van der Waals surface area (Å²) in [6.07, 6.45) is 4.50. The summed E-state index contributed by atoms with van der Waals surface area (Å²) in [5, 5.41) is 3.34. The minimum Gasteiger partial charge on any atom is -0.375 e. The van der Waals surface area contributed by atoms with Crippen LogP contribution in [0.4, 0.5) is 0 Å². The molecular weight excluding hydrogens is 216 g/mol. The van der Waals surface area contributed by atoms with Crippen LogP contribution in [0.3, 0.4) is 0 Å². The van der Waals surface area contributed by atoms with E-state index in [4.69, 9.17) is 4.74 Å². The number of morpholine rings is 1. The molecule has 2 heterocycles. The fourth-order valence-corrected chi connectivity index (χ4v) is 2.72. The second-order valence-electron chi connectivity index (χ2n) is 5.20. The Labute approximate surface area is 104 Å². The second-order valence-corrected chi connectivity index (χ2v) is 5.20. The number of hydrogen-bond acceptors (Lipinski definition) is 3. The molecule has 2 saturated heterocycles. The van der Waals surface area contributed by atoms with Gasteiger partial charge < -0.3 is 15.0 Å². The third-order valence-electron chi connectivity index (χ3n) is 3.83. The average Bonchev–Trinajstić information content (AvgIpc) is 2.39. The van der Waals surface area contributed by atoms with Gasteiger partial charge in [0.25, 0.3) is 0 Å². The Morgan fingerprint density at radius 1 is 1.47 bits per heavy atom. The number of amides is 1. The molecule has 98 valence electrons. The molecule has 4 nitrogen and oxygen atoms in total. The van der Waals surface area contributed by atoms with Crippen molar-refractivity contribution >= 4 is 5.91 Å². The number of carbonyl (C=O) groups excluding carboxylic acids is 1. The molecule has 0 aromatic heterocycles. The van der Waals surface area contributed by atoms with Gasteiger partial charge in [-0.25, -0.2) is 0 Å². The molecule has 0 bridgehead atoms.